The van der Waals surface area contributed by atoms with Gasteiger partial charge in [0.15, 0.2) is 11.5 Å². The summed E-state index contributed by atoms with van der Waals surface area (Å²) in [5, 5.41) is 12.6. The lowest BCUT2D eigenvalue weighted by Crippen LogP contribution is -2.45. The van der Waals surface area contributed by atoms with Crippen LogP contribution in [0.2, 0.25) is 0 Å². The standard InChI is InChI=1S/C23H28N2O4/c1-15-9-16(2)11-19(10-15)23(28)25-8-4-5-18(14-25)22(27)24-13-17-6-7-20(26)21(12-17)29-3/h6-7,9-12,18,26H,4-5,8,13-14H2,1-3H3,(H,24,27). The van der Waals surface area contributed by atoms with Gasteiger partial charge in [-0.15, -0.1) is 0 Å². The van der Waals surface area contributed by atoms with Crippen LogP contribution in [0.4, 0.5) is 0 Å². The van der Waals surface area contributed by atoms with Gasteiger partial charge in [-0.1, -0.05) is 23.3 Å². The third kappa shape index (κ3) is 5.08. The van der Waals surface area contributed by atoms with Crippen molar-refractivity contribution in [3.63, 3.8) is 0 Å². The minimum Gasteiger partial charge on any atom is -0.504 e. The molecule has 0 bridgehead atoms. The van der Waals surface area contributed by atoms with Crippen molar-refractivity contribution in [1.82, 2.24) is 10.2 Å². The molecular formula is C23H28N2O4. The van der Waals surface area contributed by atoms with Gasteiger partial charge in [-0.05, 0) is 56.5 Å². The van der Waals surface area contributed by atoms with Gasteiger partial charge in [-0.25, -0.2) is 0 Å². The topological polar surface area (TPSA) is 78.9 Å². The molecule has 0 spiro atoms. The van der Waals surface area contributed by atoms with Gasteiger partial charge in [-0.3, -0.25) is 9.59 Å². The molecule has 1 fully saturated rings. The number of phenols is 1. The zero-order chi connectivity index (χ0) is 21.0. The van der Waals surface area contributed by atoms with Crippen molar-refractivity contribution in [2.45, 2.75) is 33.2 Å². The molecule has 6 nitrogen and oxygen atoms in total. The molecule has 1 heterocycles. The number of aromatic hydroxyl groups is 1. The van der Waals surface area contributed by atoms with Crippen molar-refractivity contribution in [2.24, 2.45) is 5.92 Å². The number of likely N-dealkylation sites (tertiary alicyclic amines) is 1. The summed E-state index contributed by atoms with van der Waals surface area (Å²) in [5.74, 6) is 0.139. The Morgan fingerprint density at radius 1 is 1.17 bits per heavy atom. The summed E-state index contributed by atoms with van der Waals surface area (Å²) >= 11 is 0. The number of nitrogens with zero attached hydrogens (tertiary/aromatic N) is 1. The van der Waals surface area contributed by atoms with Crippen molar-refractivity contribution >= 4 is 11.8 Å². The van der Waals surface area contributed by atoms with Gasteiger partial charge in [0.25, 0.3) is 5.91 Å². The van der Waals surface area contributed by atoms with E-state index in [4.69, 9.17) is 4.74 Å². The minimum atomic E-state index is -0.224. The smallest absolute Gasteiger partial charge is 0.253 e. The van der Waals surface area contributed by atoms with E-state index in [1.54, 1.807) is 23.1 Å². The summed E-state index contributed by atoms with van der Waals surface area (Å²) in [6.07, 6.45) is 1.57. The van der Waals surface area contributed by atoms with Crippen LogP contribution in [-0.4, -0.2) is 42.0 Å². The Kier molecular flexibility index (Phi) is 6.42. The van der Waals surface area contributed by atoms with E-state index in [0.29, 0.717) is 30.9 Å². The maximum absolute atomic E-state index is 12.9. The van der Waals surface area contributed by atoms with Crippen LogP contribution >= 0.6 is 0 Å². The predicted octanol–water partition coefficient (Wildman–Crippen LogP) is 3.19. The lowest BCUT2D eigenvalue weighted by atomic mass is 9.96. The maximum atomic E-state index is 12.9. The summed E-state index contributed by atoms with van der Waals surface area (Å²) < 4.78 is 5.10. The number of amides is 2. The average Bonchev–Trinajstić information content (AvgIpc) is 2.71. The van der Waals surface area contributed by atoms with E-state index in [1.165, 1.54) is 7.11 Å². The number of nitrogens with one attached hydrogen (secondary N) is 1. The molecule has 0 saturated carbocycles. The molecule has 2 aromatic carbocycles. The summed E-state index contributed by atoms with van der Waals surface area (Å²) in [6, 6.07) is 10.8. The SMILES string of the molecule is COc1cc(CNC(=O)C2CCCN(C(=O)c3cc(C)cc(C)c3)C2)ccc1O. The van der Waals surface area contributed by atoms with Crippen LogP contribution < -0.4 is 10.1 Å². The average molecular weight is 396 g/mol. The number of hydrogen-bond donors (Lipinski definition) is 2. The van der Waals surface area contributed by atoms with Crippen LogP contribution in [0, 0.1) is 19.8 Å². The third-order valence-electron chi connectivity index (χ3n) is 5.26. The number of ether oxygens (including phenoxy) is 1. The van der Waals surface area contributed by atoms with Crippen LogP contribution in [0.3, 0.4) is 0 Å². The molecule has 1 aliphatic heterocycles. The zero-order valence-electron chi connectivity index (χ0n) is 17.2. The molecule has 1 aliphatic rings. The van der Waals surface area contributed by atoms with Gasteiger partial charge in [-0.2, -0.15) is 0 Å². The van der Waals surface area contributed by atoms with Crippen molar-refractivity contribution in [1.29, 1.82) is 0 Å². The quantitative estimate of drug-likeness (QED) is 0.814. The second-order valence-electron chi connectivity index (χ2n) is 7.69. The number of carbonyl (C=O) groups is 2. The summed E-state index contributed by atoms with van der Waals surface area (Å²) in [4.78, 5) is 27.4. The second kappa shape index (κ2) is 8.99. The first-order valence-electron chi connectivity index (χ1n) is 9.88. The van der Waals surface area contributed by atoms with Crippen molar-refractivity contribution in [3.8, 4) is 11.5 Å². The number of hydrogen-bond acceptors (Lipinski definition) is 4. The molecule has 3 rings (SSSR count). The molecule has 0 radical (unpaired) electrons. The Morgan fingerprint density at radius 2 is 1.90 bits per heavy atom. The highest BCUT2D eigenvalue weighted by atomic mass is 16.5. The van der Waals surface area contributed by atoms with Gasteiger partial charge < -0.3 is 20.1 Å². The Hall–Kier alpha value is -3.02. The molecule has 0 aliphatic carbocycles. The zero-order valence-corrected chi connectivity index (χ0v) is 17.2. The van der Waals surface area contributed by atoms with Crippen LogP contribution in [-0.2, 0) is 11.3 Å². The Labute approximate surface area is 171 Å². The molecule has 154 valence electrons. The highest BCUT2D eigenvalue weighted by molar-refractivity contribution is 5.95. The monoisotopic (exact) mass is 396 g/mol. The molecule has 1 atom stereocenters. The fraction of sp³-hybridized carbons (Fsp3) is 0.391. The van der Waals surface area contributed by atoms with E-state index in [9.17, 15) is 14.7 Å². The van der Waals surface area contributed by atoms with Gasteiger partial charge in [0.05, 0.1) is 13.0 Å². The summed E-state index contributed by atoms with van der Waals surface area (Å²) in [5.41, 5.74) is 3.64. The summed E-state index contributed by atoms with van der Waals surface area (Å²) in [6.45, 7) is 5.40. The normalized spacial score (nSPS) is 16.4. The molecule has 1 unspecified atom stereocenters. The number of benzene rings is 2. The predicted molar refractivity (Wildman–Crippen MR) is 111 cm³/mol. The van der Waals surface area contributed by atoms with E-state index in [1.807, 2.05) is 32.0 Å². The first-order chi connectivity index (χ1) is 13.9. The van der Waals surface area contributed by atoms with Gasteiger partial charge in [0.2, 0.25) is 5.91 Å². The van der Waals surface area contributed by atoms with Crippen molar-refractivity contribution in [3.05, 3.63) is 58.7 Å². The largest absolute Gasteiger partial charge is 0.504 e. The van der Waals surface area contributed by atoms with E-state index in [0.717, 1.165) is 29.5 Å². The van der Waals surface area contributed by atoms with E-state index < -0.39 is 0 Å². The molecule has 29 heavy (non-hydrogen) atoms. The number of aryl methyl sites for hydroxylation is 2. The van der Waals surface area contributed by atoms with Crippen LogP contribution in [0.15, 0.2) is 36.4 Å². The Bertz CT molecular complexity index is 889. The fourth-order valence-electron chi connectivity index (χ4n) is 3.82. The van der Waals surface area contributed by atoms with Crippen LogP contribution in [0.1, 0.15) is 39.9 Å². The first-order valence-corrected chi connectivity index (χ1v) is 9.88. The van der Waals surface area contributed by atoms with E-state index in [-0.39, 0.29) is 23.5 Å². The van der Waals surface area contributed by atoms with Crippen molar-refractivity contribution in [2.75, 3.05) is 20.2 Å². The minimum absolute atomic E-state index is 0.0161. The van der Waals surface area contributed by atoms with Crippen LogP contribution in [0.25, 0.3) is 0 Å². The lowest BCUT2D eigenvalue weighted by Gasteiger charge is -2.32. The van der Waals surface area contributed by atoms with Crippen molar-refractivity contribution < 1.29 is 19.4 Å². The number of piperidine rings is 1. The number of methoxy groups -OCH3 is 1. The molecule has 1 saturated heterocycles. The number of carbonyl (C=O) groups excluding carboxylic acids is 2. The Morgan fingerprint density at radius 3 is 2.59 bits per heavy atom. The Balaban J connectivity index is 1.61. The lowest BCUT2D eigenvalue weighted by molar-refractivity contribution is -0.126. The molecule has 2 amide bonds. The third-order valence-corrected chi connectivity index (χ3v) is 5.26. The van der Waals surface area contributed by atoms with Gasteiger partial charge >= 0.3 is 0 Å². The maximum Gasteiger partial charge on any atom is 0.253 e. The fourth-order valence-corrected chi connectivity index (χ4v) is 3.82. The van der Waals surface area contributed by atoms with Gasteiger partial charge in [0.1, 0.15) is 0 Å². The van der Waals surface area contributed by atoms with E-state index >= 15 is 0 Å². The highest BCUT2D eigenvalue weighted by Crippen LogP contribution is 2.26. The molecular weight excluding hydrogens is 368 g/mol. The van der Waals surface area contributed by atoms with Crippen LogP contribution in [0.5, 0.6) is 11.5 Å². The number of phenolic OH excluding ortho intramolecular Hbond substituents is 1. The molecule has 0 aromatic heterocycles. The number of rotatable bonds is 5. The molecule has 6 heteroatoms. The molecule has 2 aromatic rings. The first kappa shape index (κ1) is 20.7. The summed E-state index contributed by atoms with van der Waals surface area (Å²) in [7, 11) is 1.49. The molecule has 2 N–H and O–H groups in total. The second-order valence-corrected chi connectivity index (χ2v) is 7.69. The van der Waals surface area contributed by atoms with E-state index in [2.05, 4.69) is 5.32 Å². The highest BCUT2D eigenvalue weighted by Gasteiger charge is 2.29. The van der Waals surface area contributed by atoms with Gasteiger partial charge in [0, 0.05) is 25.2 Å².